The minimum Gasteiger partial charge on any atom is -0.463 e. The lowest BCUT2D eigenvalue weighted by molar-refractivity contribution is -0.149. The van der Waals surface area contributed by atoms with Crippen LogP contribution in [0.25, 0.3) is 10.8 Å². The Morgan fingerprint density at radius 3 is 2.17 bits per heavy atom. The molecule has 0 saturated heterocycles. The zero-order chi connectivity index (χ0) is 26.7. The molecule has 0 radical (unpaired) electrons. The van der Waals surface area contributed by atoms with Crippen molar-refractivity contribution in [3.63, 3.8) is 0 Å². The monoisotopic (exact) mass is 512 g/mol. The predicted molar refractivity (Wildman–Crippen MR) is 143 cm³/mol. The highest BCUT2D eigenvalue weighted by Gasteiger charge is 2.30. The Bertz CT molecular complexity index is 1370. The predicted octanol–water partition coefficient (Wildman–Crippen LogP) is 3.56. The molecule has 0 fully saturated rings. The zero-order valence-corrected chi connectivity index (χ0v) is 21.8. The van der Waals surface area contributed by atoms with Crippen LogP contribution < -0.4 is 20.7 Å². The molecular weight excluding hydrogens is 480 g/mol. The van der Waals surface area contributed by atoms with Crippen LogP contribution in [0.1, 0.15) is 20.8 Å². The van der Waals surface area contributed by atoms with Gasteiger partial charge in [0.1, 0.15) is 12.6 Å². The average Bonchev–Trinajstić information content (AvgIpc) is 2.82. The molecule has 36 heavy (non-hydrogen) atoms. The summed E-state index contributed by atoms with van der Waals surface area (Å²) in [4.78, 5) is 26.4. The molecule has 192 valence electrons. The van der Waals surface area contributed by atoms with Crippen LogP contribution in [-0.4, -0.2) is 47.0 Å². The Morgan fingerprint density at radius 2 is 1.56 bits per heavy atom. The highest BCUT2D eigenvalue weighted by Crippen LogP contribution is 2.31. The largest absolute Gasteiger partial charge is 0.463 e. The van der Waals surface area contributed by atoms with E-state index in [4.69, 9.17) is 10.5 Å². The number of hydrogen-bond donors (Lipinski definition) is 3. The van der Waals surface area contributed by atoms with Gasteiger partial charge in [-0.2, -0.15) is 0 Å². The maximum atomic E-state index is 13.2. The molecule has 0 spiro atoms. The molecular formula is C26H32N4O5S. The SMILES string of the molecule is C[C@H](N)C(=O)OCC(C)(C)C(=O)Nc1ccc(NS(=O)(=O)c2cccc3c(N(C)C)cccc23)cc1. The number of ether oxygens (including phenoxy) is 1. The van der Waals surface area contributed by atoms with Crippen molar-refractivity contribution in [3.8, 4) is 0 Å². The fraction of sp³-hybridized carbons (Fsp3) is 0.308. The van der Waals surface area contributed by atoms with E-state index in [1.165, 1.54) is 6.92 Å². The Balaban J connectivity index is 1.74. The van der Waals surface area contributed by atoms with Crippen molar-refractivity contribution in [2.24, 2.45) is 11.1 Å². The number of amides is 1. The molecule has 3 rings (SSSR count). The van der Waals surface area contributed by atoms with Crippen LogP contribution in [-0.2, 0) is 24.3 Å². The Morgan fingerprint density at radius 1 is 0.972 bits per heavy atom. The molecule has 0 aromatic heterocycles. The van der Waals surface area contributed by atoms with Crippen molar-refractivity contribution < 1.29 is 22.7 Å². The lowest BCUT2D eigenvalue weighted by Crippen LogP contribution is -2.38. The van der Waals surface area contributed by atoms with Gasteiger partial charge in [-0.3, -0.25) is 14.3 Å². The summed E-state index contributed by atoms with van der Waals surface area (Å²) in [6, 6.07) is 16.2. The van der Waals surface area contributed by atoms with Crippen LogP contribution in [0.5, 0.6) is 0 Å². The van der Waals surface area contributed by atoms with Gasteiger partial charge in [0.2, 0.25) is 5.91 Å². The summed E-state index contributed by atoms with van der Waals surface area (Å²) in [5, 5.41) is 4.20. The summed E-state index contributed by atoms with van der Waals surface area (Å²) >= 11 is 0. The van der Waals surface area contributed by atoms with Crippen molar-refractivity contribution >= 4 is 49.7 Å². The van der Waals surface area contributed by atoms with Crippen molar-refractivity contribution in [1.29, 1.82) is 0 Å². The summed E-state index contributed by atoms with van der Waals surface area (Å²) in [7, 11) is -0.0675. The second kappa shape index (κ2) is 10.5. The minimum absolute atomic E-state index is 0.127. The number of rotatable bonds is 9. The molecule has 0 unspecified atom stereocenters. The van der Waals surface area contributed by atoms with Crippen molar-refractivity contribution in [3.05, 3.63) is 60.7 Å². The average molecular weight is 513 g/mol. The second-order valence-electron chi connectivity index (χ2n) is 9.44. The molecule has 0 saturated carbocycles. The van der Waals surface area contributed by atoms with Gasteiger partial charge in [-0.05, 0) is 57.2 Å². The van der Waals surface area contributed by atoms with Gasteiger partial charge >= 0.3 is 5.97 Å². The molecule has 4 N–H and O–H groups in total. The lowest BCUT2D eigenvalue weighted by Gasteiger charge is -2.23. The lowest BCUT2D eigenvalue weighted by atomic mass is 9.93. The summed E-state index contributed by atoms with van der Waals surface area (Å²) in [5.74, 6) is -0.947. The topological polar surface area (TPSA) is 131 Å². The van der Waals surface area contributed by atoms with E-state index < -0.39 is 27.4 Å². The van der Waals surface area contributed by atoms with Gasteiger partial charge < -0.3 is 20.7 Å². The van der Waals surface area contributed by atoms with E-state index in [2.05, 4.69) is 10.0 Å². The van der Waals surface area contributed by atoms with E-state index in [1.807, 2.05) is 37.2 Å². The van der Waals surface area contributed by atoms with Crippen LogP contribution in [0.4, 0.5) is 17.1 Å². The molecule has 0 aliphatic rings. The van der Waals surface area contributed by atoms with E-state index >= 15 is 0 Å². The molecule has 0 aliphatic heterocycles. The number of carbonyl (C=O) groups is 2. The van der Waals surface area contributed by atoms with Gasteiger partial charge in [-0.25, -0.2) is 8.42 Å². The van der Waals surface area contributed by atoms with Crippen LogP contribution in [0.2, 0.25) is 0 Å². The number of anilines is 3. The molecule has 3 aromatic carbocycles. The molecule has 9 nitrogen and oxygen atoms in total. The summed E-state index contributed by atoms with van der Waals surface area (Å²) in [6.07, 6.45) is 0. The summed E-state index contributed by atoms with van der Waals surface area (Å²) < 4.78 is 34.1. The Kier molecular flexibility index (Phi) is 7.90. The first-order chi connectivity index (χ1) is 16.8. The van der Waals surface area contributed by atoms with Gasteiger partial charge in [0.15, 0.2) is 0 Å². The smallest absolute Gasteiger partial charge is 0.322 e. The number of nitrogens with one attached hydrogen (secondary N) is 2. The number of nitrogens with two attached hydrogens (primary N) is 1. The first kappa shape index (κ1) is 27.0. The van der Waals surface area contributed by atoms with Crippen LogP contribution >= 0.6 is 0 Å². The molecule has 0 bridgehead atoms. The molecule has 1 atom stereocenters. The highest BCUT2D eigenvalue weighted by atomic mass is 32.2. The van der Waals surface area contributed by atoms with Crippen molar-refractivity contribution in [1.82, 2.24) is 0 Å². The van der Waals surface area contributed by atoms with Crippen LogP contribution in [0, 0.1) is 5.41 Å². The molecule has 10 heteroatoms. The standard InChI is InChI=1S/C26H32N4O5S/c1-17(27)24(31)35-16-26(2,3)25(32)28-18-12-14-19(15-13-18)29-36(33,34)23-11-7-8-20-21(23)9-6-10-22(20)30(4)5/h6-15,17,29H,16,27H2,1-5H3,(H,28,32)/t17-/m0/s1. The first-order valence-electron chi connectivity index (χ1n) is 11.4. The fourth-order valence-electron chi connectivity index (χ4n) is 3.47. The Labute approximate surface area is 211 Å². The third-order valence-electron chi connectivity index (χ3n) is 5.59. The van der Waals surface area contributed by atoms with E-state index in [1.54, 1.807) is 56.3 Å². The number of benzene rings is 3. The molecule has 3 aromatic rings. The van der Waals surface area contributed by atoms with E-state index in [0.717, 1.165) is 11.1 Å². The van der Waals surface area contributed by atoms with Gasteiger partial charge in [0, 0.05) is 41.9 Å². The van der Waals surface area contributed by atoms with Crippen LogP contribution in [0.15, 0.2) is 65.6 Å². The number of carbonyl (C=O) groups excluding carboxylic acids is 2. The third kappa shape index (κ3) is 6.13. The van der Waals surface area contributed by atoms with E-state index in [-0.39, 0.29) is 17.4 Å². The second-order valence-corrected chi connectivity index (χ2v) is 11.1. The van der Waals surface area contributed by atoms with Crippen molar-refractivity contribution in [2.75, 3.05) is 35.6 Å². The van der Waals surface area contributed by atoms with Gasteiger partial charge in [-0.15, -0.1) is 0 Å². The number of esters is 1. The summed E-state index contributed by atoms with van der Waals surface area (Å²) in [5.41, 5.74) is 6.22. The Hall–Kier alpha value is -3.63. The normalized spacial score (nSPS) is 12.6. The fourth-order valence-corrected chi connectivity index (χ4v) is 4.75. The number of fused-ring (bicyclic) bond motifs is 1. The summed E-state index contributed by atoms with van der Waals surface area (Å²) in [6.45, 7) is 4.67. The molecule has 0 heterocycles. The van der Waals surface area contributed by atoms with E-state index in [0.29, 0.717) is 16.8 Å². The quantitative estimate of drug-likeness (QED) is 0.374. The highest BCUT2D eigenvalue weighted by molar-refractivity contribution is 7.93. The van der Waals surface area contributed by atoms with Gasteiger partial charge in [0.25, 0.3) is 10.0 Å². The minimum atomic E-state index is -3.88. The van der Waals surface area contributed by atoms with Crippen molar-refractivity contribution in [2.45, 2.75) is 31.7 Å². The van der Waals surface area contributed by atoms with Gasteiger partial charge in [-0.1, -0.05) is 24.3 Å². The van der Waals surface area contributed by atoms with Gasteiger partial charge in [0.05, 0.1) is 10.3 Å². The van der Waals surface area contributed by atoms with Crippen LogP contribution in [0.3, 0.4) is 0 Å². The maximum absolute atomic E-state index is 13.2. The third-order valence-corrected chi connectivity index (χ3v) is 7.03. The zero-order valence-electron chi connectivity index (χ0n) is 21.0. The number of sulfonamides is 1. The maximum Gasteiger partial charge on any atom is 0.322 e. The number of nitrogens with zero attached hydrogens (tertiary/aromatic N) is 1. The first-order valence-corrected chi connectivity index (χ1v) is 12.9. The molecule has 0 aliphatic carbocycles. The molecule has 1 amide bonds. The van der Waals surface area contributed by atoms with E-state index in [9.17, 15) is 18.0 Å². The number of hydrogen-bond acceptors (Lipinski definition) is 7.